The van der Waals surface area contributed by atoms with E-state index in [0.717, 1.165) is 23.0 Å². The third-order valence-corrected chi connectivity index (χ3v) is 3.67. The number of hydrogen-bond acceptors (Lipinski definition) is 2. The predicted molar refractivity (Wildman–Crippen MR) is 87.4 cm³/mol. The SMILES string of the molecule is O=C(NCCn1ccc2ccccc21)c1ccc(OC(F)(F)F)cc1. The molecule has 0 aliphatic rings. The van der Waals surface area contributed by atoms with E-state index >= 15 is 0 Å². The molecule has 7 heteroatoms. The zero-order valence-corrected chi connectivity index (χ0v) is 13.1. The standard InChI is InChI=1S/C18H15F3N2O2/c19-18(20,21)25-15-7-5-14(6-8-15)17(24)22-10-12-23-11-9-13-3-1-2-4-16(13)23/h1-9,11H,10,12H2,(H,22,24). The van der Waals surface area contributed by atoms with E-state index in [1.54, 1.807) is 0 Å². The summed E-state index contributed by atoms with van der Waals surface area (Å²) in [6.07, 6.45) is -2.80. The van der Waals surface area contributed by atoms with Gasteiger partial charge in [0.2, 0.25) is 0 Å². The predicted octanol–water partition coefficient (Wildman–Crippen LogP) is 3.97. The number of ether oxygens (including phenoxy) is 1. The summed E-state index contributed by atoms with van der Waals surface area (Å²) in [6, 6.07) is 14.7. The maximum Gasteiger partial charge on any atom is 0.573 e. The van der Waals surface area contributed by atoms with Gasteiger partial charge in [-0.15, -0.1) is 13.2 Å². The van der Waals surface area contributed by atoms with Gasteiger partial charge in [0.05, 0.1) is 0 Å². The summed E-state index contributed by atoms with van der Waals surface area (Å²) in [5.74, 6) is -0.710. The zero-order chi connectivity index (χ0) is 17.9. The molecular formula is C18H15F3N2O2. The summed E-state index contributed by atoms with van der Waals surface area (Å²) in [7, 11) is 0. The molecule has 0 unspecified atom stereocenters. The molecule has 0 aliphatic heterocycles. The number of aromatic nitrogens is 1. The van der Waals surface area contributed by atoms with Gasteiger partial charge >= 0.3 is 6.36 Å². The molecule has 0 bridgehead atoms. The number of carbonyl (C=O) groups is 1. The van der Waals surface area contributed by atoms with E-state index in [2.05, 4.69) is 10.1 Å². The van der Waals surface area contributed by atoms with E-state index in [4.69, 9.17) is 0 Å². The highest BCUT2D eigenvalue weighted by Gasteiger charge is 2.31. The van der Waals surface area contributed by atoms with Crippen LogP contribution in [0.25, 0.3) is 10.9 Å². The van der Waals surface area contributed by atoms with Crippen molar-refractivity contribution in [1.29, 1.82) is 0 Å². The van der Waals surface area contributed by atoms with Gasteiger partial charge in [-0.25, -0.2) is 0 Å². The molecule has 1 amide bonds. The van der Waals surface area contributed by atoms with Gasteiger partial charge in [0.25, 0.3) is 5.91 Å². The Morgan fingerprint density at radius 2 is 1.76 bits per heavy atom. The number of hydrogen-bond donors (Lipinski definition) is 1. The van der Waals surface area contributed by atoms with E-state index in [1.807, 2.05) is 41.1 Å². The van der Waals surface area contributed by atoms with Crippen molar-refractivity contribution in [2.75, 3.05) is 6.54 Å². The fourth-order valence-electron chi connectivity index (χ4n) is 2.54. The topological polar surface area (TPSA) is 43.3 Å². The minimum atomic E-state index is -4.75. The highest BCUT2D eigenvalue weighted by molar-refractivity contribution is 5.94. The molecule has 3 aromatic rings. The van der Waals surface area contributed by atoms with Crippen LogP contribution in [-0.2, 0) is 6.54 Å². The quantitative estimate of drug-likeness (QED) is 0.758. The Labute approximate surface area is 141 Å². The number of alkyl halides is 3. The third-order valence-electron chi connectivity index (χ3n) is 3.67. The van der Waals surface area contributed by atoms with Gasteiger partial charge in [-0.3, -0.25) is 4.79 Å². The summed E-state index contributed by atoms with van der Waals surface area (Å²) in [5, 5.41) is 3.87. The van der Waals surface area contributed by atoms with Crippen LogP contribution >= 0.6 is 0 Å². The van der Waals surface area contributed by atoms with Crippen molar-refractivity contribution in [2.45, 2.75) is 12.9 Å². The van der Waals surface area contributed by atoms with Crippen LogP contribution in [0.4, 0.5) is 13.2 Å². The second-order valence-corrected chi connectivity index (χ2v) is 5.40. The molecule has 2 aromatic carbocycles. The lowest BCUT2D eigenvalue weighted by molar-refractivity contribution is -0.274. The molecule has 0 atom stereocenters. The molecular weight excluding hydrogens is 333 g/mol. The zero-order valence-electron chi connectivity index (χ0n) is 13.1. The van der Waals surface area contributed by atoms with Crippen molar-refractivity contribution in [3.05, 3.63) is 66.4 Å². The van der Waals surface area contributed by atoms with Crippen molar-refractivity contribution in [3.63, 3.8) is 0 Å². The molecule has 130 valence electrons. The lowest BCUT2D eigenvalue weighted by atomic mass is 10.2. The van der Waals surface area contributed by atoms with Crippen molar-refractivity contribution in [2.24, 2.45) is 0 Å². The Bertz CT molecular complexity index is 870. The third kappa shape index (κ3) is 4.32. The van der Waals surface area contributed by atoms with Crippen molar-refractivity contribution >= 4 is 16.8 Å². The van der Waals surface area contributed by atoms with Crippen LogP contribution in [-0.4, -0.2) is 23.4 Å². The van der Waals surface area contributed by atoms with Crippen LogP contribution in [0.2, 0.25) is 0 Å². The molecule has 1 aromatic heterocycles. The summed E-state index contributed by atoms with van der Waals surface area (Å²) >= 11 is 0. The molecule has 1 heterocycles. The normalized spacial score (nSPS) is 11.5. The first-order valence-electron chi connectivity index (χ1n) is 7.60. The Balaban J connectivity index is 1.55. The average Bonchev–Trinajstić information content (AvgIpc) is 2.97. The van der Waals surface area contributed by atoms with Crippen molar-refractivity contribution in [1.82, 2.24) is 9.88 Å². The van der Waals surface area contributed by atoms with Gasteiger partial charge < -0.3 is 14.6 Å². The van der Waals surface area contributed by atoms with Crippen LogP contribution < -0.4 is 10.1 Å². The van der Waals surface area contributed by atoms with Gasteiger partial charge in [0.15, 0.2) is 0 Å². The first-order chi connectivity index (χ1) is 11.9. The smallest absolute Gasteiger partial charge is 0.406 e. The molecule has 0 aliphatic carbocycles. The highest BCUT2D eigenvalue weighted by atomic mass is 19.4. The number of nitrogens with zero attached hydrogens (tertiary/aromatic N) is 1. The largest absolute Gasteiger partial charge is 0.573 e. The van der Waals surface area contributed by atoms with E-state index < -0.39 is 6.36 Å². The van der Waals surface area contributed by atoms with Crippen LogP contribution in [0.3, 0.4) is 0 Å². The van der Waals surface area contributed by atoms with E-state index in [0.29, 0.717) is 13.1 Å². The minimum Gasteiger partial charge on any atom is -0.406 e. The maximum atomic E-state index is 12.1. The first-order valence-corrected chi connectivity index (χ1v) is 7.60. The van der Waals surface area contributed by atoms with Gasteiger partial charge in [-0.05, 0) is 41.8 Å². The number of benzene rings is 2. The first kappa shape index (κ1) is 16.9. The Kier molecular flexibility index (Phi) is 4.65. The molecule has 1 N–H and O–H groups in total. The second kappa shape index (κ2) is 6.88. The van der Waals surface area contributed by atoms with Crippen molar-refractivity contribution < 1.29 is 22.7 Å². The molecule has 25 heavy (non-hydrogen) atoms. The number of fused-ring (bicyclic) bond motifs is 1. The second-order valence-electron chi connectivity index (χ2n) is 5.40. The lowest BCUT2D eigenvalue weighted by Crippen LogP contribution is -2.27. The molecule has 0 spiro atoms. The monoisotopic (exact) mass is 348 g/mol. The number of carbonyl (C=O) groups excluding carboxylic acids is 1. The summed E-state index contributed by atoms with van der Waals surface area (Å²) in [4.78, 5) is 12.0. The summed E-state index contributed by atoms with van der Waals surface area (Å²) in [5.41, 5.74) is 1.34. The lowest BCUT2D eigenvalue weighted by Gasteiger charge is -2.10. The minimum absolute atomic E-state index is 0.270. The molecule has 4 nitrogen and oxygen atoms in total. The Morgan fingerprint density at radius 1 is 1.04 bits per heavy atom. The fourth-order valence-corrected chi connectivity index (χ4v) is 2.54. The van der Waals surface area contributed by atoms with Crippen LogP contribution in [0, 0.1) is 0 Å². The van der Waals surface area contributed by atoms with Crippen molar-refractivity contribution in [3.8, 4) is 5.75 Å². The number of nitrogens with one attached hydrogen (secondary N) is 1. The Hall–Kier alpha value is -2.96. The van der Waals surface area contributed by atoms with Crippen LogP contribution in [0.15, 0.2) is 60.8 Å². The summed E-state index contributed by atoms with van der Waals surface area (Å²) < 4.78 is 42.1. The average molecular weight is 348 g/mol. The fraction of sp³-hybridized carbons (Fsp3) is 0.167. The van der Waals surface area contributed by atoms with Gasteiger partial charge in [-0.1, -0.05) is 18.2 Å². The number of amides is 1. The molecule has 3 rings (SSSR count). The Morgan fingerprint density at radius 3 is 2.48 bits per heavy atom. The van der Waals surface area contributed by atoms with E-state index in [9.17, 15) is 18.0 Å². The number of para-hydroxylation sites is 1. The van der Waals surface area contributed by atoms with Crippen LogP contribution in [0.1, 0.15) is 10.4 Å². The number of halogens is 3. The van der Waals surface area contributed by atoms with Crippen LogP contribution in [0.5, 0.6) is 5.75 Å². The van der Waals surface area contributed by atoms with E-state index in [1.165, 1.54) is 12.1 Å². The molecule has 0 saturated carbocycles. The summed E-state index contributed by atoms with van der Waals surface area (Å²) in [6.45, 7) is 0.993. The van der Waals surface area contributed by atoms with Gasteiger partial charge in [-0.2, -0.15) is 0 Å². The maximum absolute atomic E-state index is 12.1. The van der Waals surface area contributed by atoms with Gasteiger partial charge in [0, 0.05) is 30.4 Å². The van der Waals surface area contributed by atoms with Gasteiger partial charge in [0.1, 0.15) is 5.75 Å². The molecule has 0 radical (unpaired) electrons. The number of rotatable bonds is 5. The molecule has 0 fully saturated rings. The molecule has 0 saturated heterocycles. The highest BCUT2D eigenvalue weighted by Crippen LogP contribution is 2.22. The van der Waals surface area contributed by atoms with E-state index in [-0.39, 0.29) is 17.2 Å².